The van der Waals surface area contributed by atoms with Crippen LogP contribution in [0.5, 0.6) is 0 Å². The lowest BCUT2D eigenvalue weighted by molar-refractivity contribution is -0.137. The molecule has 0 unspecified atom stereocenters. The second kappa shape index (κ2) is 19.2. The third-order valence-electron chi connectivity index (χ3n) is 3.34. The molecule has 0 aliphatic heterocycles. The Labute approximate surface area is 137 Å². The highest BCUT2D eigenvalue weighted by Crippen LogP contribution is 2.08. The second-order valence-corrected chi connectivity index (χ2v) is 5.37. The highest BCUT2D eigenvalue weighted by molar-refractivity contribution is 5.85. The monoisotopic (exact) mass is 316 g/mol. The SMILES string of the molecule is CCCCC/C=C\C/C=C\CCCCCCCC(=O)O.Cl. The average Bonchev–Trinajstić information content (AvgIpc) is 2.43. The Kier molecular flexibility index (Phi) is 20.6. The van der Waals surface area contributed by atoms with Crippen LogP contribution in [0.15, 0.2) is 24.3 Å². The lowest BCUT2D eigenvalue weighted by atomic mass is 10.1. The zero-order chi connectivity index (χ0) is 14.9. The van der Waals surface area contributed by atoms with Gasteiger partial charge >= 0.3 is 5.97 Å². The molecular formula is C18H33ClO2. The fourth-order valence-corrected chi connectivity index (χ4v) is 2.09. The highest BCUT2D eigenvalue weighted by Gasteiger charge is 1.95. The second-order valence-electron chi connectivity index (χ2n) is 5.37. The van der Waals surface area contributed by atoms with Crippen LogP contribution in [0, 0.1) is 0 Å². The Morgan fingerprint density at radius 2 is 1.33 bits per heavy atom. The smallest absolute Gasteiger partial charge is 0.303 e. The molecule has 0 atom stereocenters. The van der Waals surface area contributed by atoms with Gasteiger partial charge in [0.05, 0.1) is 0 Å². The zero-order valence-electron chi connectivity index (χ0n) is 13.6. The van der Waals surface area contributed by atoms with E-state index >= 15 is 0 Å². The Morgan fingerprint density at radius 3 is 1.90 bits per heavy atom. The van der Waals surface area contributed by atoms with E-state index in [2.05, 4.69) is 31.2 Å². The Balaban J connectivity index is 0. The van der Waals surface area contributed by atoms with Crippen molar-refractivity contribution in [3.8, 4) is 0 Å². The number of unbranched alkanes of at least 4 members (excludes halogenated alkanes) is 8. The number of hydrogen-bond acceptors (Lipinski definition) is 1. The molecule has 0 aromatic heterocycles. The van der Waals surface area contributed by atoms with Crippen molar-refractivity contribution in [2.75, 3.05) is 0 Å². The van der Waals surface area contributed by atoms with Crippen LogP contribution in [0.4, 0.5) is 0 Å². The lowest BCUT2D eigenvalue weighted by Crippen LogP contribution is -1.93. The maximum absolute atomic E-state index is 10.3. The first kappa shape index (κ1) is 22.5. The van der Waals surface area contributed by atoms with Crippen molar-refractivity contribution >= 4 is 18.4 Å². The third kappa shape index (κ3) is 21.7. The van der Waals surface area contributed by atoms with E-state index in [1.165, 1.54) is 44.9 Å². The fraction of sp³-hybridized carbons (Fsp3) is 0.722. The first-order valence-corrected chi connectivity index (χ1v) is 8.29. The number of carboxylic acids is 1. The van der Waals surface area contributed by atoms with E-state index in [0.717, 1.165) is 25.7 Å². The van der Waals surface area contributed by atoms with Crippen LogP contribution < -0.4 is 0 Å². The van der Waals surface area contributed by atoms with Gasteiger partial charge in [-0.25, -0.2) is 0 Å². The predicted octanol–water partition coefficient (Wildman–Crippen LogP) is 6.31. The van der Waals surface area contributed by atoms with Crippen LogP contribution in [0.25, 0.3) is 0 Å². The van der Waals surface area contributed by atoms with Crippen LogP contribution in [-0.4, -0.2) is 11.1 Å². The Morgan fingerprint density at radius 1 is 0.810 bits per heavy atom. The number of carbonyl (C=O) groups is 1. The molecule has 2 nitrogen and oxygen atoms in total. The number of allylic oxidation sites excluding steroid dienone is 4. The molecule has 0 aliphatic rings. The van der Waals surface area contributed by atoms with Crippen LogP contribution in [0.3, 0.4) is 0 Å². The molecule has 0 spiro atoms. The van der Waals surface area contributed by atoms with Crippen molar-refractivity contribution in [2.45, 2.75) is 84.0 Å². The number of hydrogen-bond donors (Lipinski definition) is 1. The van der Waals surface area contributed by atoms with E-state index < -0.39 is 5.97 Å². The minimum atomic E-state index is -0.671. The summed E-state index contributed by atoms with van der Waals surface area (Å²) in [6.45, 7) is 2.23. The summed E-state index contributed by atoms with van der Waals surface area (Å²) < 4.78 is 0. The van der Waals surface area contributed by atoms with Gasteiger partial charge in [0.1, 0.15) is 0 Å². The largest absolute Gasteiger partial charge is 0.481 e. The molecule has 0 aromatic rings. The van der Waals surface area contributed by atoms with Crippen molar-refractivity contribution < 1.29 is 9.90 Å². The summed E-state index contributed by atoms with van der Waals surface area (Å²) >= 11 is 0. The first-order chi connectivity index (χ1) is 9.77. The van der Waals surface area contributed by atoms with E-state index in [-0.39, 0.29) is 12.4 Å². The summed E-state index contributed by atoms with van der Waals surface area (Å²) in [6.07, 6.45) is 22.3. The zero-order valence-corrected chi connectivity index (χ0v) is 14.4. The van der Waals surface area contributed by atoms with Gasteiger partial charge in [0.2, 0.25) is 0 Å². The summed E-state index contributed by atoms with van der Waals surface area (Å²) in [7, 11) is 0. The van der Waals surface area contributed by atoms with Gasteiger partial charge in [-0.15, -0.1) is 12.4 Å². The van der Waals surface area contributed by atoms with Gasteiger partial charge in [-0.1, -0.05) is 63.3 Å². The highest BCUT2D eigenvalue weighted by atomic mass is 35.5. The van der Waals surface area contributed by atoms with Crippen LogP contribution in [-0.2, 0) is 4.79 Å². The minimum absolute atomic E-state index is 0. The summed E-state index contributed by atoms with van der Waals surface area (Å²) in [5.74, 6) is -0.671. The van der Waals surface area contributed by atoms with Crippen molar-refractivity contribution in [3.05, 3.63) is 24.3 Å². The number of rotatable bonds is 14. The van der Waals surface area contributed by atoms with Gasteiger partial charge in [-0.05, 0) is 38.5 Å². The molecular weight excluding hydrogens is 284 g/mol. The summed E-state index contributed by atoms with van der Waals surface area (Å²) in [5, 5.41) is 8.50. The third-order valence-corrected chi connectivity index (χ3v) is 3.34. The van der Waals surface area contributed by atoms with Gasteiger partial charge in [0.15, 0.2) is 0 Å². The van der Waals surface area contributed by atoms with E-state index in [1.807, 2.05) is 0 Å². The Hall–Kier alpha value is -0.760. The predicted molar refractivity (Wildman–Crippen MR) is 94.2 cm³/mol. The van der Waals surface area contributed by atoms with Gasteiger partial charge < -0.3 is 5.11 Å². The molecule has 21 heavy (non-hydrogen) atoms. The molecule has 1 N–H and O–H groups in total. The Bertz CT molecular complexity index is 272. The molecule has 0 aliphatic carbocycles. The first-order valence-electron chi connectivity index (χ1n) is 8.29. The molecule has 0 saturated carbocycles. The minimum Gasteiger partial charge on any atom is -0.481 e. The van der Waals surface area contributed by atoms with Gasteiger partial charge in [-0.3, -0.25) is 4.79 Å². The van der Waals surface area contributed by atoms with E-state index in [9.17, 15) is 4.79 Å². The van der Waals surface area contributed by atoms with Crippen LogP contribution in [0.2, 0.25) is 0 Å². The maximum atomic E-state index is 10.3. The van der Waals surface area contributed by atoms with E-state index in [4.69, 9.17) is 5.11 Å². The summed E-state index contributed by atoms with van der Waals surface area (Å²) in [6, 6.07) is 0. The summed E-state index contributed by atoms with van der Waals surface area (Å²) in [4.78, 5) is 10.3. The quantitative estimate of drug-likeness (QED) is 0.301. The van der Waals surface area contributed by atoms with Gasteiger partial charge in [0.25, 0.3) is 0 Å². The molecule has 0 rings (SSSR count). The molecule has 0 heterocycles. The molecule has 0 radical (unpaired) electrons. The molecule has 0 fully saturated rings. The molecule has 0 saturated heterocycles. The normalized spacial score (nSPS) is 11.1. The number of carboxylic acid groups (broad SMARTS) is 1. The van der Waals surface area contributed by atoms with Crippen molar-refractivity contribution in [3.63, 3.8) is 0 Å². The van der Waals surface area contributed by atoms with Crippen molar-refractivity contribution in [1.82, 2.24) is 0 Å². The number of aliphatic carboxylic acids is 1. The van der Waals surface area contributed by atoms with Crippen LogP contribution in [0.1, 0.15) is 84.0 Å². The van der Waals surface area contributed by atoms with Crippen molar-refractivity contribution in [1.29, 1.82) is 0 Å². The van der Waals surface area contributed by atoms with Crippen molar-refractivity contribution in [2.24, 2.45) is 0 Å². The topological polar surface area (TPSA) is 37.3 Å². The van der Waals surface area contributed by atoms with Gasteiger partial charge in [-0.2, -0.15) is 0 Å². The molecule has 0 amide bonds. The summed E-state index contributed by atoms with van der Waals surface area (Å²) in [5.41, 5.74) is 0. The standard InChI is InChI=1S/C18H32O2.ClH/c1-2-3-4-5-6-7-8-9-10-11-12-13-14-15-16-17-18(19)20;/h6-7,9-10H,2-5,8,11-17H2,1H3,(H,19,20);1H/b7-6-,10-9-;. The van der Waals surface area contributed by atoms with Crippen LogP contribution >= 0.6 is 12.4 Å². The molecule has 0 aromatic carbocycles. The van der Waals surface area contributed by atoms with Gasteiger partial charge in [0, 0.05) is 6.42 Å². The van der Waals surface area contributed by atoms with E-state index in [1.54, 1.807) is 0 Å². The average molecular weight is 317 g/mol. The fourth-order valence-electron chi connectivity index (χ4n) is 2.09. The lowest BCUT2D eigenvalue weighted by Gasteiger charge is -1.98. The number of halogens is 1. The maximum Gasteiger partial charge on any atom is 0.303 e. The molecule has 0 bridgehead atoms. The molecule has 124 valence electrons. The van der Waals surface area contributed by atoms with E-state index in [0.29, 0.717) is 6.42 Å². The molecule has 3 heteroatoms.